The van der Waals surface area contributed by atoms with E-state index in [4.69, 9.17) is 10.4 Å². The Morgan fingerprint density at radius 1 is 1.55 bits per heavy atom. The number of nitrogens with one attached hydrogen (secondary N) is 1. The molecule has 1 aliphatic rings. The summed E-state index contributed by atoms with van der Waals surface area (Å²) in [4.78, 5) is 14.6. The summed E-state index contributed by atoms with van der Waals surface area (Å²) in [6.07, 6.45) is 2.98. The maximum atomic E-state index is 12.1. The topological polar surface area (TPSA) is 120 Å². The SMILES string of the molecule is N#Cc1ncccc1S(=O)(=O)NCC1(C(=O)O)CCC1. The number of aromatic nitrogens is 1. The van der Waals surface area contributed by atoms with E-state index >= 15 is 0 Å². The average Bonchev–Trinajstić information content (AvgIpc) is 2.37. The number of nitriles is 1. The second kappa shape index (κ2) is 5.19. The molecule has 0 unspecified atom stereocenters. The normalized spacial score (nSPS) is 16.9. The summed E-state index contributed by atoms with van der Waals surface area (Å²) in [6.45, 7) is -0.176. The number of hydrogen-bond donors (Lipinski definition) is 2. The first-order valence-electron chi connectivity index (χ1n) is 5.99. The molecule has 1 aromatic heterocycles. The van der Waals surface area contributed by atoms with Gasteiger partial charge in [-0.3, -0.25) is 4.79 Å². The first-order chi connectivity index (χ1) is 9.41. The van der Waals surface area contributed by atoms with Crippen LogP contribution in [0, 0.1) is 16.7 Å². The van der Waals surface area contributed by atoms with Crippen LogP contribution in [0.5, 0.6) is 0 Å². The number of nitrogens with zero attached hydrogens (tertiary/aromatic N) is 2. The third-order valence-electron chi connectivity index (χ3n) is 3.53. The van der Waals surface area contributed by atoms with Gasteiger partial charge in [0.25, 0.3) is 0 Å². The lowest BCUT2D eigenvalue weighted by Gasteiger charge is -2.37. The number of rotatable bonds is 5. The summed E-state index contributed by atoms with van der Waals surface area (Å²) in [7, 11) is -3.94. The Bertz CT molecular complexity index is 674. The number of pyridine rings is 1. The summed E-state index contributed by atoms with van der Waals surface area (Å²) in [6, 6.07) is 4.38. The molecule has 0 bridgehead atoms. The van der Waals surface area contributed by atoms with Gasteiger partial charge in [-0.15, -0.1) is 0 Å². The Morgan fingerprint density at radius 2 is 2.25 bits per heavy atom. The number of carboxylic acid groups (broad SMARTS) is 1. The Balaban J connectivity index is 2.20. The maximum absolute atomic E-state index is 12.1. The smallest absolute Gasteiger partial charge is 0.310 e. The van der Waals surface area contributed by atoms with Gasteiger partial charge in [0.05, 0.1) is 5.41 Å². The lowest BCUT2D eigenvalue weighted by atomic mass is 9.69. The van der Waals surface area contributed by atoms with Crippen LogP contribution in [0.3, 0.4) is 0 Å². The molecule has 0 atom stereocenters. The molecule has 1 aliphatic carbocycles. The van der Waals surface area contributed by atoms with Crippen molar-refractivity contribution in [2.24, 2.45) is 5.41 Å². The number of sulfonamides is 1. The second-order valence-corrected chi connectivity index (χ2v) is 6.46. The molecule has 2 N–H and O–H groups in total. The molecule has 1 aromatic rings. The molecule has 0 radical (unpaired) electrons. The van der Waals surface area contributed by atoms with Crippen LogP contribution in [0.4, 0.5) is 0 Å². The first kappa shape index (κ1) is 14.4. The Kier molecular flexibility index (Phi) is 3.74. The standard InChI is InChI=1S/C12H13N3O4S/c13-7-9-10(3-1-6-14-9)20(18,19)15-8-12(11(16)17)4-2-5-12/h1,3,6,15H,2,4-5,8H2,(H,16,17). The summed E-state index contributed by atoms with van der Waals surface area (Å²) < 4.78 is 26.5. The van der Waals surface area contributed by atoms with Crippen LogP contribution >= 0.6 is 0 Å². The molecule has 1 heterocycles. The number of carboxylic acids is 1. The molecule has 1 saturated carbocycles. The van der Waals surface area contributed by atoms with E-state index < -0.39 is 21.4 Å². The van der Waals surface area contributed by atoms with Crippen molar-refractivity contribution in [2.45, 2.75) is 24.2 Å². The second-order valence-electron chi connectivity index (χ2n) is 4.73. The van der Waals surface area contributed by atoms with E-state index in [-0.39, 0.29) is 17.1 Å². The molecular formula is C12H13N3O4S. The zero-order valence-electron chi connectivity index (χ0n) is 10.5. The van der Waals surface area contributed by atoms with Gasteiger partial charge in [-0.05, 0) is 25.0 Å². The minimum Gasteiger partial charge on any atom is -0.481 e. The van der Waals surface area contributed by atoms with E-state index in [1.807, 2.05) is 0 Å². The Morgan fingerprint density at radius 3 is 2.75 bits per heavy atom. The minimum absolute atomic E-state index is 0.176. The van der Waals surface area contributed by atoms with Crippen LogP contribution in [0.2, 0.25) is 0 Å². The van der Waals surface area contributed by atoms with Gasteiger partial charge in [-0.2, -0.15) is 5.26 Å². The zero-order valence-corrected chi connectivity index (χ0v) is 11.4. The molecule has 0 amide bonds. The van der Waals surface area contributed by atoms with Crippen LogP contribution in [-0.4, -0.2) is 31.0 Å². The highest BCUT2D eigenvalue weighted by atomic mass is 32.2. The van der Waals surface area contributed by atoms with Crippen molar-refractivity contribution < 1.29 is 18.3 Å². The zero-order chi connectivity index (χ0) is 14.8. The van der Waals surface area contributed by atoms with E-state index in [1.54, 1.807) is 6.07 Å². The Labute approximate surface area is 116 Å². The van der Waals surface area contributed by atoms with Crippen molar-refractivity contribution in [1.82, 2.24) is 9.71 Å². The Hall–Kier alpha value is -1.98. The van der Waals surface area contributed by atoms with Gasteiger partial charge < -0.3 is 5.11 Å². The first-order valence-corrected chi connectivity index (χ1v) is 7.48. The lowest BCUT2D eigenvalue weighted by Crippen LogP contribution is -2.47. The van der Waals surface area contributed by atoms with Crippen molar-refractivity contribution in [3.05, 3.63) is 24.0 Å². The van der Waals surface area contributed by atoms with E-state index in [1.165, 1.54) is 18.3 Å². The quantitative estimate of drug-likeness (QED) is 0.815. The summed E-state index contributed by atoms with van der Waals surface area (Å²) in [5.41, 5.74) is -1.24. The summed E-state index contributed by atoms with van der Waals surface area (Å²) in [5.74, 6) is -1.00. The van der Waals surface area contributed by atoms with Crippen molar-refractivity contribution in [1.29, 1.82) is 5.26 Å². The predicted molar refractivity (Wildman–Crippen MR) is 68.1 cm³/mol. The number of hydrogen-bond acceptors (Lipinski definition) is 5. The lowest BCUT2D eigenvalue weighted by molar-refractivity contribution is -0.153. The molecule has 106 valence electrons. The van der Waals surface area contributed by atoms with Crippen molar-refractivity contribution in [3.63, 3.8) is 0 Å². The van der Waals surface area contributed by atoms with Crippen LogP contribution in [0.25, 0.3) is 0 Å². The highest BCUT2D eigenvalue weighted by molar-refractivity contribution is 7.89. The summed E-state index contributed by atoms with van der Waals surface area (Å²) in [5, 5.41) is 18.0. The fourth-order valence-electron chi connectivity index (χ4n) is 2.07. The molecular weight excluding hydrogens is 282 g/mol. The van der Waals surface area contributed by atoms with Crippen LogP contribution in [-0.2, 0) is 14.8 Å². The van der Waals surface area contributed by atoms with Gasteiger partial charge in [0, 0.05) is 12.7 Å². The van der Waals surface area contributed by atoms with Gasteiger partial charge in [0.15, 0.2) is 5.69 Å². The fourth-order valence-corrected chi connectivity index (χ4v) is 3.30. The van der Waals surface area contributed by atoms with E-state index in [2.05, 4.69) is 9.71 Å². The maximum Gasteiger partial charge on any atom is 0.310 e. The minimum atomic E-state index is -3.94. The molecule has 7 nitrogen and oxygen atoms in total. The van der Waals surface area contributed by atoms with Crippen LogP contribution in [0.1, 0.15) is 25.0 Å². The van der Waals surface area contributed by atoms with Crippen molar-refractivity contribution in [3.8, 4) is 6.07 Å². The molecule has 1 fully saturated rings. The molecule has 0 aromatic carbocycles. The van der Waals surface area contributed by atoms with Crippen LogP contribution < -0.4 is 4.72 Å². The molecule has 0 aliphatic heterocycles. The summed E-state index contributed by atoms with van der Waals surface area (Å²) >= 11 is 0. The molecule has 8 heteroatoms. The van der Waals surface area contributed by atoms with Gasteiger partial charge in [0.2, 0.25) is 10.0 Å². The number of aliphatic carboxylic acids is 1. The predicted octanol–water partition coefficient (Wildman–Crippen LogP) is 0.486. The van der Waals surface area contributed by atoms with Crippen molar-refractivity contribution in [2.75, 3.05) is 6.54 Å². The third kappa shape index (κ3) is 2.50. The third-order valence-corrected chi connectivity index (χ3v) is 4.96. The molecule has 2 rings (SSSR count). The molecule has 20 heavy (non-hydrogen) atoms. The molecule has 0 saturated heterocycles. The van der Waals surface area contributed by atoms with Gasteiger partial charge >= 0.3 is 5.97 Å². The van der Waals surface area contributed by atoms with Crippen molar-refractivity contribution >= 4 is 16.0 Å². The highest BCUT2D eigenvalue weighted by Crippen LogP contribution is 2.40. The largest absolute Gasteiger partial charge is 0.481 e. The van der Waals surface area contributed by atoms with Gasteiger partial charge in [-0.1, -0.05) is 6.42 Å². The fraction of sp³-hybridized carbons (Fsp3) is 0.417. The monoisotopic (exact) mass is 295 g/mol. The average molecular weight is 295 g/mol. The van der Waals surface area contributed by atoms with E-state index in [9.17, 15) is 13.2 Å². The van der Waals surface area contributed by atoms with Gasteiger partial charge in [-0.25, -0.2) is 18.1 Å². The van der Waals surface area contributed by atoms with E-state index in [0.29, 0.717) is 12.8 Å². The van der Waals surface area contributed by atoms with Gasteiger partial charge in [0.1, 0.15) is 11.0 Å². The molecule has 0 spiro atoms. The highest BCUT2D eigenvalue weighted by Gasteiger charge is 2.45. The number of carbonyl (C=O) groups is 1. The van der Waals surface area contributed by atoms with E-state index in [0.717, 1.165) is 6.42 Å². The van der Waals surface area contributed by atoms with Crippen LogP contribution in [0.15, 0.2) is 23.2 Å².